The first-order valence-electron chi connectivity index (χ1n) is 11.2. The maximum Gasteiger partial charge on any atom is 0.143 e. The summed E-state index contributed by atoms with van der Waals surface area (Å²) in [7, 11) is 3.30. The third-order valence-corrected chi connectivity index (χ3v) is 5.71. The molecule has 0 atom stereocenters. The van der Waals surface area contributed by atoms with Gasteiger partial charge >= 0.3 is 0 Å². The van der Waals surface area contributed by atoms with Gasteiger partial charge in [0.15, 0.2) is 0 Å². The molecule has 0 N–H and O–H groups in total. The summed E-state index contributed by atoms with van der Waals surface area (Å²) < 4.78 is 19.3. The van der Waals surface area contributed by atoms with E-state index in [4.69, 9.17) is 14.2 Å². The SMILES string of the molecule is COc1ccc(C(OCCn2cc(/C=C\C=O)nn2)(c2ccccc2)c2ccc(OC)cc2)cc1. The lowest BCUT2D eigenvalue weighted by atomic mass is 9.80. The summed E-state index contributed by atoms with van der Waals surface area (Å²) in [4.78, 5) is 10.6. The summed E-state index contributed by atoms with van der Waals surface area (Å²) in [5.74, 6) is 1.54. The summed E-state index contributed by atoms with van der Waals surface area (Å²) in [6.45, 7) is 0.829. The first kappa shape index (κ1) is 23.9. The minimum absolute atomic E-state index is 0.354. The number of aldehydes is 1. The summed E-state index contributed by atoms with van der Waals surface area (Å²) in [5, 5.41) is 8.20. The maximum absolute atomic E-state index is 10.6. The molecular formula is C28H27N3O4. The molecule has 0 radical (unpaired) electrons. The Hall–Kier alpha value is -4.23. The van der Waals surface area contributed by atoms with Crippen molar-refractivity contribution >= 4 is 12.4 Å². The molecule has 1 heterocycles. The van der Waals surface area contributed by atoms with Gasteiger partial charge in [-0.2, -0.15) is 0 Å². The molecule has 7 nitrogen and oxygen atoms in total. The third-order valence-electron chi connectivity index (χ3n) is 5.71. The van der Waals surface area contributed by atoms with Crippen molar-refractivity contribution in [3.63, 3.8) is 0 Å². The van der Waals surface area contributed by atoms with Gasteiger partial charge in [0.2, 0.25) is 0 Å². The first-order chi connectivity index (χ1) is 17.2. The van der Waals surface area contributed by atoms with Crippen molar-refractivity contribution in [2.45, 2.75) is 12.1 Å². The number of hydrogen-bond donors (Lipinski definition) is 0. The van der Waals surface area contributed by atoms with Crippen LogP contribution >= 0.6 is 0 Å². The fourth-order valence-corrected chi connectivity index (χ4v) is 4.00. The van der Waals surface area contributed by atoms with Gasteiger partial charge in [0.1, 0.15) is 29.1 Å². The van der Waals surface area contributed by atoms with Crippen molar-refractivity contribution < 1.29 is 19.0 Å². The Morgan fingerprint density at radius 2 is 1.40 bits per heavy atom. The monoisotopic (exact) mass is 469 g/mol. The number of aromatic nitrogens is 3. The Balaban J connectivity index is 1.74. The Morgan fingerprint density at radius 1 is 0.829 bits per heavy atom. The molecule has 0 unspecified atom stereocenters. The van der Waals surface area contributed by atoms with Crippen molar-refractivity contribution in [1.29, 1.82) is 0 Å². The van der Waals surface area contributed by atoms with E-state index >= 15 is 0 Å². The predicted octanol–water partition coefficient (Wildman–Crippen LogP) is 4.52. The molecule has 0 saturated carbocycles. The number of ether oxygens (including phenoxy) is 3. The van der Waals surface area contributed by atoms with Crippen molar-refractivity contribution in [2.75, 3.05) is 20.8 Å². The van der Waals surface area contributed by atoms with E-state index in [0.717, 1.165) is 28.2 Å². The molecule has 35 heavy (non-hydrogen) atoms. The van der Waals surface area contributed by atoms with Gasteiger partial charge in [0.25, 0.3) is 0 Å². The minimum atomic E-state index is -0.888. The quantitative estimate of drug-likeness (QED) is 0.183. The van der Waals surface area contributed by atoms with E-state index in [1.807, 2.05) is 66.7 Å². The van der Waals surface area contributed by atoms with Crippen LogP contribution in [-0.4, -0.2) is 42.1 Å². The first-order valence-corrected chi connectivity index (χ1v) is 11.2. The number of rotatable bonds is 11. The van der Waals surface area contributed by atoms with Crippen LogP contribution in [0.25, 0.3) is 6.08 Å². The van der Waals surface area contributed by atoms with Gasteiger partial charge in [0, 0.05) is 0 Å². The van der Waals surface area contributed by atoms with Gasteiger partial charge in [-0.15, -0.1) is 5.10 Å². The highest BCUT2D eigenvalue weighted by Gasteiger charge is 2.37. The van der Waals surface area contributed by atoms with Gasteiger partial charge in [0.05, 0.1) is 33.6 Å². The van der Waals surface area contributed by atoms with Crippen molar-refractivity contribution in [3.8, 4) is 11.5 Å². The van der Waals surface area contributed by atoms with Gasteiger partial charge in [-0.05, 0) is 53.1 Å². The zero-order valence-corrected chi connectivity index (χ0v) is 19.7. The number of nitrogens with zero attached hydrogens (tertiary/aromatic N) is 3. The van der Waals surface area contributed by atoms with Crippen LogP contribution in [0.1, 0.15) is 22.4 Å². The molecule has 0 saturated heterocycles. The topological polar surface area (TPSA) is 75.5 Å². The van der Waals surface area contributed by atoms with Gasteiger partial charge in [-0.25, -0.2) is 4.68 Å². The van der Waals surface area contributed by atoms with Gasteiger partial charge in [-0.1, -0.05) is 59.8 Å². The molecule has 0 aliphatic heterocycles. The summed E-state index contributed by atoms with van der Waals surface area (Å²) >= 11 is 0. The summed E-state index contributed by atoms with van der Waals surface area (Å²) in [5.41, 5.74) is 2.63. The minimum Gasteiger partial charge on any atom is -0.497 e. The van der Waals surface area contributed by atoms with Crippen LogP contribution in [0.15, 0.2) is 91.1 Å². The second-order valence-corrected chi connectivity index (χ2v) is 7.75. The van der Waals surface area contributed by atoms with Crippen LogP contribution in [0.3, 0.4) is 0 Å². The molecule has 1 aromatic heterocycles. The van der Waals surface area contributed by atoms with Gasteiger partial charge < -0.3 is 14.2 Å². The second kappa shape index (κ2) is 11.3. The maximum atomic E-state index is 10.6. The van der Waals surface area contributed by atoms with E-state index in [0.29, 0.717) is 25.1 Å². The van der Waals surface area contributed by atoms with Crippen LogP contribution in [-0.2, 0) is 21.7 Å². The zero-order valence-electron chi connectivity index (χ0n) is 19.7. The van der Waals surface area contributed by atoms with Crippen molar-refractivity contribution in [1.82, 2.24) is 15.0 Å². The predicted molar refractivity (Wildman–Crippen MR) is 133 cm³/mol. The highest BCUT2D eigenvalue weighted by molar-refractivity contribution is 5.72. The molecular weight excluding hydrogens is 442 g/mol. The van der Waals surface area contributed by atoms with Crippen LogP contribution in [0.4, 0.5) is 0 Å². The molecule has 4 aromatic rings. The molecule has 0 fully saturated rings. The number of carbonyl (C=O) groups is 1. The van der Waals surface area contributed by atoms with Crippen LogP contribution in [0.5, 0.6) is 11.5 Å². The summed E-state index contributed by atoms with van der Waals surface area (Å²) in [6, 6.07) is 25.9. The molecule has 0 spiro atoms. The lowest BCUT2D eigenvalue weighted by molar-refractivity contribution is -0.104. The molecule has 178 valence electrons. The Bertz CT molecular complexity index is 1200. The molecule has 0 aliphatic carbocycles. The molecule has 4 rings (SSSR count). The number of benzene rings is 3. The van der Waals surface area contributed by atoms with Crippen molar-refractivity contribution in [2.24, 2.45) is 0 Å². The normalized spacial score (nSPS) is 11.5. The second-order valence-electron chi connectivity index (χ2n) is 7.75. The smallest absolute Gasteiger partial charge is 0.143 e. The Labute approximate surface area is 204 Å². The average Bonchev–Trinajstić information content (AvgIpc) is 3.38. The lowest BCUT2D eigenvalue weighted by Crippen LogP contribution is -2.34. The van der Waals surface area contributed by atoms with E-state index in [1.54, 1.807) is 31.2 Å². The average molecular weight is 470 g/mol. The molecule has 7 heteroatoms. The van der Waals surface area contributed by atoms with Crippen LogP contribution in [0.2, 0.25) is 0 Å². The highest BCUT2D eigenvalue weighted by Crippen LogP contribution is 2.41. The molecule has 0 aliphatic rings. The standard InChI is InChI=1S/C28H27N3O4/c1-33-26-14-10-23(11-15-26)28(22-7-4-3-5-8-22,24-12-16-27(34-2)17-13-24)35-20-18-31-21-25(29-30-31)9-6-19-32/h3-17,19,21H,18,20H2,1-2H3/b9-6-. The summed E-state index contributed by atoms with van der Waals surface area (Å²) in [6.07, 6.45) is 5.48. The number of allylic oxidation sites excluding steroid dienone is 1. The van der Waals surface area contributed by atoms with Crippen LogP contribution in [0, 0.1) is 0 Å². The number of methoxy groups -OCH3 is 2. The number of hydrogen-bond acceptors (Lipinski definition) is 6. The van der Waals surface area contributed by atoms with E-state index in [2.05, 4.69) is 22.4 Å². The van der Waals surface area contributed by atoms with E-state index in [1.165, 1.54) is 6.08 Å². The molecule has 3 aromatic carbocycles. The van der Waals surface area contributed by atoms with Crippen molar-refractivity contribution in [3.05, 3.63) is 114 Å². The highest BCUT2D eigenvalue weighted by atomic mass is 16.5. The van der Waals surface area contributed by atoms with Crippen LogP contribution < -0.4 is 9.47 Å². The fraction of sp³-hybridized carbons (Fsp3) is 0.179. The fourth-order valence-electron chi connectivity index (χ4n) is 4.00. The largest absolute Gasteiger partial charge is 0.497 e. The van der Waals surface area contributed by atoms with E-state index in [-0.39, 0.29) is 0 Å². The number of carbonyl (C=O) groups excluding carboxylic acids is 1. The zero-order chi connectivity index (χ0) is 24.5. The Morgan fingerprint density at radius 3 is 1.94 bits per heavy atom. The van der Waals surface area contributed by atoms with E-state index < -0.39 is 5.60 Å². The Kier molecular flexibility index (Phi) is 7.70. The van der Waals surface area contributed by atoms with Gasteiger partial charge in [-0.3, -0.25) is 4.79 Å². The molecule has 0 bridgehead atoms. The third kappa shape index (κ3) is 5.31. The lowest BCUT2D eigenvalue weighted by Gasteiger charge is -2.36. The molecule has 0 amide bonds. The van der Waals surface area contributed by atoms with E-state index in [9.17, 15) is 4.79 Å².